The molecule has 20 heavy (non-hydrogen) atoms. The molecule has 2 fully saturated rings. The Morgan fingerprint density at radius 1 is 1.30 bits per heavy atom. The number of rotatable bonds is 6. The molecule has 2 rings (SSSR count). The largest absolute Gasteiger partial charge is 0.378 e. The second-order valence-electron chi connectivity index (χ2n) is 6.15. The Labute approximate surface area is 123 Å². The highest BCUT2D eigenvalue weighted by molar-refractivity contribution is 7.88. The van der Waals surface area contributed by atoms with Crippen LogP contribution in [0.3, 0.4) is 0 Å². The Kier molecular flexibility index (Phi) is 5.84. The van der Waals surface area contributed by atoms with E-state index in [0.29, 0.717) is 31.0 Å². The third kappa shape index (κ3) is 4.41. The Morgan fingerprint density at radius 2 is 2.10 bits per heavy atom. The normalized spacial score (nSPS) is 32.6. The topological polar surface area (TPSA) is 58.6 Å². The molecule has 118 valence electrons. The van der Waals surface area contributed by atoms with E-state index in [4.69, 9.17) is 4.74 Å². The van der Waals surface area contributed by atoms with Gasteiger partial charge in [-0.05, 0) is 44.1 Å². The maximum atomic E-state index is 11.6. The first kappa shape index (κ1) is 16.2. The Bertz CT molecular complexity index is 399. The molecule has 0 aromatic rings. The average molecular weight is 304 g/mol. The van der Waals surface area contributed by atoms with Crippen LogP contribution in [0, 0.1) is 11.8 Å². The van der Waals surface area contributed by atoms with Crippen LogP contribution in [0.25, 0.3) is 0 Å². The highest BCUT2D eigenvalue weighted by atomic mass is 32.2. The lowest BCUT2D eigenvalue weighted by atomic mass is 9.97. The average Bonchev–Trinajstić information content (AvgIpc) is 2.86. The van der Waals surface area contributed by atoms with Gasteiger partial charge in [-0.2, -0.15) is 0 Å². The van der Waals surface area contributed by atoms with Crippen molar-refractivity contribution in [2.24, 2.45) is 11.8 Å². The lowest BCUT2D eigenvalue weighted by Crippen LogP contribution is -2.43. The van der Waals surface area contributed by atoms with Gasteiger partial charge in [-0.15, -0.1) is 0 Å². The second-order valence-corrected chi connectivity index (χ2v) is 8.14. The van der Waals surface area contributed by atoms with Crippen molar-refractivity contribution in [1.29, 1.82) is 0 Å². The van der Waals surface area contributed by atoms with Crippen molar-refractivity contribution in [3.63, 3.8) is 0 Å². The van der Waals surface area contributed by atoms with Crippen molar-refractivity contribution in [2.75, 3.05) is 39.0 Å². The van der Waals surface area contributed by atoms with Gasteiger partial charge in [0, 0.05) is 26.2 Å². The minimum atomic E-state index is -3.03. The van der Waals surface area contributed by atoms with E-state index >= 15 is 0 Å². The predicted molar refractivity (Wildman–Crippen MR) is 80.1 cm³/mol. The molecule has 0 saturated carbocycles. The van der Waals surface area contributed by atoms with Crippen LogP contribution in [0.15, 0.2) is 0 Å². The smallest absolute Gasteiger partial charge is 0.211 e. The van der Waals surface area contributed by atoms with E-state index < -0.39 is 10.0 Å². The minimum absolute atomic E-state index is 0.404. The van der Waals surface area contributed by atoms with E-state index in [0.717, 1.165) is 45.4 Å². The fourth-order valence-electron chi connectivity index (χ4n) is 3.35. The van der Waals surface area contributed by atoms with Gasteiger partial charge in [-0.25, -0.2) is 12.7 Å². The van der Waals surface area contributed by atoms with Crippen LogP contribution in [0.4, 0.5) is 0 Å². The van der Waals surface area contributed by atoms with Crippen LogP contribution in [0.5, 0.6) is 0 Å². The van der Waals surface area contributed by atoms with Gasteiger partial charge in [0.2, 0.25) is 10.0 Å². The summed E-state index contributed by atoms with van der Waals surface area (Å²) in [5.74, 6) is 1.07. The van der Waals surface area contributed by atoms with Gasteiger partial charge in [0.1, 0.15) is 0 Å². The van der Waals surface area contributed by atoms with Crippen LogP contribution in [0.1, 0.15) is 32.6 Å². The van der Waals surface area contributed by atoms with Gasteiger partial charge >= 0.3 is 0 Å². The quantitative estimate of drug-likeness (QED) is 0.797. The summed E-state index contributed by atoms with van der Waals surface area (Å²) in [7, 11) is -3.03. The standard InChI is InChI=1S/C14H28N2O3S/c1-3-14-13(6-8-19-14)10-15-9-12-5-4-7-16(11-12)20(2,17)18/h12-15H,3-11H2,1-2H3. The van der Waals surface area contributed by atoms with Crippen molar-refractivity contribution in [1.82, 2.24) is 9.62 Å². The predicted octanol–water partition coefficient (Wildman–Crippen LogP) is 1.06. The number of piperidine rings is 1. The van der Waals surface area contributed by atoms with Crippen molar-refractivity contribution in [3.8, 4) is 0 Å². The maximum absolute atomic E-state index is 11.6. The third-order valence-electron chi connectivity index (χ3n) is 4.54. The van der Waals surface area contributed by atoms with E-state index in [1.807, 2.05) is 0 Å². The molecule has 2 aliphatic heterocycles. The fraction of sp³-hybridized carbons (Fsp3) is 1.00. The summed E-state index contributed by atoms with van der Waals surface area (Å²) >= 11 is 0. The zero-order chi connectivity index (χ0) is 14.6. The molecule has 2 saturated heterocycles. The summed E-state index contributed by atoms with van der Waals surface area (Å²) in [4.78, 5) is 0. The SMILES string of the molecule is CCC1OCCC1CNCC1CCCN(S(C)(=O)=O)C1. The fourth-order valence-corrected chi connectivity index (χ4v) is 4.29. The first-order valence-electron chi connectivity index (χ1n) is 7.78. The van der Waals surface area contributed by atoms with Gasteiger partial charge in [-0.3, -0.25) is 0 Å². The van der Waals surface area contributed by atoms with E-state index in [1.165, 1.54) is 6.26 Å². The van der Waals surface area contributed by atoms with Crippen molar-refractivity contribution < 1.29 is 13.2 Å². The number of sulfonamides is 1. The van der Waals surface area contributed by atoms with E-state index in [-0.39, 0.29) is 0 Å². The molecular formula is C14H28N2O3S. The van der Waals surface area contributed by atoms with Gasteiger partial charge in [0.25, 0.3) is 0 Å². The number of hydrogen-bond donors (Lipinski definition) is 1. The second kappa shape index (κ2) is 7.20. The molecule has 0 radical (unpaired) electrons. The van der Waals surface area contributed by atoms with Gasteiger partial charge in [0.15, 0.2) is 0 Å². The summed E-state index contributed by atoms with van der Waals surface area (Å²) in [6.45, 7) is 6.32. The summed E-state index contributed by atoms with van der Waals surface area (Å²) in [6, 6.07) is 0. The molecule has 5 nitrogen and oxygen atoms in total. The monoisotopic (exact) mass is 304 g/mol. The zero-order valence-corrected chi connectivity index (χ0v) is 13.5. The summed E-state index contributed by atoms with van der Waals surface area (Å²) < 4.78 is 30.5. The molecule has 0 amide bonds. The molecule has 3 unspecified atom stereocenters. The Hall–Kier alpha value is -0.170. The first-order chi connectivity index (χ1) is 9.50. The summed E-state index contributed by atoms with van der Waals surface area (Å²) in [6.07, 6.45) is 6.04. The highest BCUT2D eigenvalue weighted by Crippen LogP contribution is 2.23. The Balaban J connectivity index is 1.71. The van der Waals surface area contributed by atoms with Crippen molar-refractivity contribution in [2.45, 2.75) is 38.7 Å². The highest BCUT2D eigenvalue weighted by Gasteiger charge is 2.28. The molecule has 2 aliphatic rings. The molecular weight excluding hydrogens is 276 g/mol. The third-order valence-corrected chi connectivity index (χ3v) is 5.81. The van der Waals surface area contributed by atoms with Gasteiger partial charge in [0.05, 0.1) is 12.4 Å². The first-order valence-corrected chi connectivity index (χ1v) is 9.63. The van der Waals surface area contributed by atoms with Gasteiger partial charge in [-0.1, -0.05) is 6.92 Å². The molecule has 0 spiro atoms. The van der Waals surface area contributed by atoms with Crippen molar-refractivity contribution in [3.05, 3.63) is 0 Å². The van der Waals surface area contributed by atoms with Crippen LogP contribution in [0.2, 0.25) is 0 Å². The number of nitrogens with one attached hydrogen (secondary N) is 1. The van der Waals surface area contributed by atoms with E-state index in [2.05, 4.69) is 12.2 Å². The Morgan fingerprint density at radius 3 is 2.80 bits per heavy atom. The maximum Gasteiger partial charge on any atom is 0.211 e. The minimum Gasteiger partial charge on any atom is -0.378 e. The zero-order valence-electron chi connectivity index (χ0n) is 12.7. The van der Waals surface area contributed by atoms with E-state index in [1.54, 1.807) is 4.31 Å². The molecule has 0 aromatic heterocycles. The van der Waals surface area contributed by atoms with Crippen molar-refractivity contribution >= 4 is 10.0 Å². The van der Waals surface area contributed by atoms with E-state index in [9.17, 15) is 8.42 Å². The molecule has 6 heteroatoms. The van der Waals surface area contributed by atoms with Crippen LogP contribution >= 0.6 is 0 Å². The summed E-state index contributed by atoms with van der Waals surface area (Å²) in [5, 5.41) is 3.53. The molecule has 0 aliphatic carbocycles. The van der Waals surface area contributed by atoms with Crippen LogP contribution in [-0.2, 0) is 14.8 Å². The molecule has 2 heterocycles. The molecule has 0 aromatic carbocycles. The molecule has 3 atom stereocenters. The number of nitrogens with zero attached hydrogens (tertiary/aromatic N) is 1. The summed E-state index contributed by atoms with van der Waals surface area (Å²) in [5.41, 5.74) is 0. The lowest BCUT2D eigenvalue weighted by molar-refractivity contribution is 0.0868. The lowest BCUT2D eigenvalue weighted by Gasteiger charge is -2.31. The van der Waals surface area contributed by atoms with Crippen LogP contribution in [-0.4, -0.2) is 57.9 Å². The van der Waals surface area contributed by atoms with Gasteiger partial charge < -0.3 is 10.1 Å². The molecule has 1 N–H and O–H groups in total. The number of hydrogen-bond acceptors (Lipinski definition) is 4. The molecule has 0 bridgehead atoms. The number of ether oxygens (including phenoxy) is 1. The van der Waals surface area contributed by atoms with Crippen LogP contribution < -0.4 is 5.32 Å².